The van der Waals surface area contributed by atoms with Crippen molar-refractivity contribution >= 4 is 49.4 Å². The van der Waals surface area contributed by atoms with Crippen LogP contribution in [0.1, 0.15) is 70.8 Å². The van der Waals surface area contributed by atoms with E-state index in [0.29, 0.717) is 42.0 Å². The molecular formula is C23H30N2O10S2. The lowest BCUT2D eigenvalue weighted by molar-refractivity contribution is -0.438. The number of carbonyl (C=O) groups excluding carboxylic acids is 3. The molecule has 0 aliphatic carbocycles. The number of carbonyl (C=O) groups is 3. The Morgan fingerprint density at radius 2 is 1.76 bits per heavy atom. The van der Waals surface area contributed by atoms with Crippen LogP contribution >= 0.6 is 0 Å². The van der Waals surface area contributed by atoms with Gasteiger partial charge >= 0.3 is 5.97 Å². The van der Waals surface area contributed by atoms with Crippen LogP contribution in [0.2, 0.25) is 0 Å². The van der Waals surface area contributed by atoms with Gasteiger partial charge in [-0.2, -0.15) is 13.0 Å². The number of hydrogen-bond acceptors (Lipinski definition) is 9. The van der Waals surface area contributed by atoms with Gasteiger partial charge in [0.1, 0.15) is 16.7 Å². The molecular weight excluding hydrogens is 528 g/mol. The molecule has 1 N–H and O–H groups in total. The molecule has 1 aromatic carbocycles. The van der Waals surface area contributed by atoms with E-state index < -0.39 is 49.2 Å². The second kappa shape index (κ2) is 11.0. The number of unbranched alkanes of at least 4 members (excludes halogenated alkanes) is 2. The number of imide groups is 1. The Morgan fingerprint density at radius 3 is 2.35 bits per heavy atom. The highest BCUT2D eigenvalue weighted by Gasteiger charge is 2.46. The van der Waals surface area contributed by atoms with Crippen LogP contribution in [0.4, 0.5) is 5.69 Å². The first-order chi connectivity index (χ1) is 17.1. The summed E-state index contributed by atoms with van der Waals surface area (Å²) in [6, 6.07) is 4.10. The maximum Gasteiger partial charge on any atom is 0.333 e. The Morgan fingerprint density at radius 1 is 1.11 bits per heavy atom. The third kappa shape index (κ3) is 6.80. The number of hydrogen-bond donors (Lipinski definition) is 1. The predicted octanol–water partition coefficient (Wildman–Crippen LogP) is 1.80. The molecule has 0 aromatic heterocycles. The molecule has 2 aliphatic rings. The summed E-state index contributed by atoms with van der Waals surface area (Å²) >= 11 is 0. The van der Waals surface area contributed by atoms with Gasteiger partial charge in [-0.25, -0.2) is 13.2 Å². The monoisotopic (exact) mass is 558 g/mol. The maximum absolute atomic E-state index is 12.0. The van der Waals surface area contributed by atoms with Gasteiger partial charge in [-0.15, -0.1) is 5.06 Å². The van der Waals surface area contributed by atoms with Crippen molar-refractivity contribution in [3.63, 3.8) is 0 Å². The van der Waals surface area contributed by atoms with Crippen molar-refractivity contribution in [1.82, 2.24) is 5.06 Å². The van der Waals surface area contributed by atoms with Crippen molar-refractivity contribution < 1.29 is 49.7 Å². The normalized spacial score (nSPS) is 20.1. The van der Waals surface area contributed by atoms with Gasteiger partial charge in [-0.3, -0.25) is 14.1 Å². The van der Waals surface area contributed by atoms with Crippen molar-refractivity contribution in [1.29, 1.82) is 0 Å². The van der Waals surface area contributed by atoms with Crippen LogP contribution in [0, 0.1) is 0 Å². The maximum atomic E-state index is 12.0. The first-order valence-electron chi connectivity index (χ1n) is 11.9. The molecule has 0 saturated carbocycles. The van der Waals surface area contributed by atoms with Crippen LogP contribution in [0.3, 0.4) is 0 Å². The minimum atomic E-state index is -4.70. The molecule has 37 heavy (non-hydrogen) atoms. The molecule has 12 nitrogen and oxygen atoms in total. The highest BCUT2D eigenvalue weighted by atomic mass is 32.2. The molecule has 0 bridgehead atoms. The number of fused-ring (bicyclic) bond motifs is 1. The predicted molar refractivity (Wildman–Crippen MR) is 129 cm³/mol. The van der Waals surface area contributed by atoms with Crippen molar-refractivity contribution in [3.05, 3.63) is 23.8 Å². The van der Waals surface area contributed by atoms with Crippen LogP contribution in [-0.4, -0.2) is 71.4 Å². The lowest BCUT2D eigenvalue weighted by atomic mass is 9.76. The van der Waals surface area contributed by atoms with Gasteiger partial charge in [0.25, 0.3) is 21.9 Å². The molecule has 0 radical (unpaired) electrons. The molecule has 2 heterocycles. The van der Waals surface area contributed by atoms with E-state index in [1.165, 1.54) is 18.2 Å². The Hall–Kier alpha value is -2.68. The van der Waals surface area contributed by atoms with E-state index in [1.54, 1.807) is 0 Å². The zero-order valence-corrected chi connectivity index (χ0v) is 22.3. The number of nitrogens with zero attached hydrogens (tertiary/aromatic N) is 2. The summed E-state index contributed by atoms with van der Waals surface area (Å²) in [6.07, 6.45) is 2.37. The van der Waals surface area contributed by atoms with E-state index in [9.17, 15) is 35.8 Å². The van der Waals surface area contributed by atoms with Crippen molar-refractivity contribution in [2.24, 2.45) is 0 Å². The summed E-state index contributed by atoms with van der Waals surface area (Å²) in [5.41, 5.74) is 1.46. The minimum absolute atomic E-state index is 0.00733. The Labute approximate surface area is 215 Å². The van der Waals surface area contributed by atoms with E-state index >= 15 is 0 Å². The largest absolute Gasteiger partial charge is 0.744 e. The molecule has 1 unspecified atom stereocenters. The molecule has 1 aromatic rings. The Bertz CT molecular complexity index is 1340. The van der Waals surface area contributed by atoms with Gasteiger partial charge < -0.3 is 9.39 Å². The van der Waals surface area contributed by atoms with E-state index in [2.05, 4.69) is 0 Å². The lowest BCUT2D eigenvalue weighted by Crippen LogP contribution is -2.32. The lowest BCUT2D eigenvalue weighted by Gasteiger charge is -2.23. The number of amides is 2. The van der Waals surface area contributed by atoms with E-state index in [-0.39, 0.29) is 37.1 Å². The molecule has 3 rings (SSSR count). The van der Waals surface area contributed by atoms with Crippen LogP contribution in [-0.2, 0) is 44.9 Å². The fourth-order valence-electron chi connectivity index (χ4n) is 4.76. The zero-order chi connectivity index (χ0) is 27.6. The van der Waals surface area contributed by atoms with E-state index in [0.717, 1.165) is 5.71 Å². The summed E-state index contributed by atoms with van der Waals surface area (Å²) in [5.74, 6) is -2.20. The summed E-state index contributed by atoms with van der Waals surface area (Å²) < 4.78 is 68.2. The quantitative estimate of drug-likeness (QED) is 0.172. The summed E-state index contributed by atoms with van der Waals surface area (Å²) in [6.45, 7) is 4.02. The first kappa shape index (κ1) is 28.9. The van der Waals surface area contributed by atoms with Crippen molar-refractivity contribution in [2.75, 3.05) is 12.3 Å². The average Bonchev–Trinajstić information content (AvgIpc) is 3.21. The second-order valence-electron chi connectivity index (χ2n) is 9.45. The first-order valence-corrected chi connectivity index (χ1v) is 14.9. The molecule has 2 amide bonds. The fraction of sp³-hybridized carbons (Fsp3) is 0.565. The summed E-state index contributed by atoms with van der Waals surface area (Å²) in [4.78, 5) is 39.6. The molecule has 1 atom stereocenters. The van der Waals surface area contributed by atoms with Crippen LogP contribution < -0.4 is 0 Å². The smallest absolute Gasteiger partial charge is 0.333 e. The topological polar surface area (TPSA) is 178 Å². The fourth-order valence-corrected chi connectivity index (χ4v) is 5.75. The number of hydroxylamine groups is 2. The second-order valence-corrected chi connectivity index (χ2v) is 12.4. The highest BCUT2D eigenvalue weighted by Crippen LogP contribution is 2.44. The summed E-state index contributed by atoms with van der Waals surface area (Å²) in [5, 5.41) is 0.509. The van der Waals surface area contributed by atoms with Crippen LogP contribution in [0.15, 0.2) is 23.1 Å². The Balaban J connectivity index is 1.68. The van der Waals surface area contributed by atoms with Gasteiger partial charge in [0.05, 0.1) is 16.1 Å². The third-order valence-corrected chi connectivity index (χ3v) is 8.52. The van der Waals surface area contributed by atoms with E-state index in [4.69, 9.17) is 9.39 Å². The molecule has 0 spiro atoms. The van der Waals surface area contributed by atoms with Crippen LogP contribution in [0.5, 0.6) is 0 Å². The standard InChI is InChI=1S/C23H30N2O10S2/c1-16-23(2,12-5-3-4-7-22(28)35-25-20(26)10-11-21(25)27)18-15-17(37(32,33)34)8-9-19(18)24(16)13-6-14-36(29,30)31/h8-9,15H,3-7,10-14H2,1-2H3,(H-,29,30,31,32,33,34). The van der Waals surface area contributed by atoms with Crippen LogP contribution in [0.25, 0.3) is 0 Å². The van der Waals surface area contributed by atoms with Crippen molar-refractivity contribution in [2.45, 2.75) is 75.5 Å². The SMILES string of the molecule is CC1=[N+](CCCS(=O)(=O)O)c2ccc(S(=O)(=O)[O-])cc2C1(C)CCCCCC(=O)ON1C(=O)CCC1=O. The van der Waals surface area contributed by atoms with Gasteiger partial charge in [0.2, 0.25) is 5.69 Å². The number of benzene rings is 1. The minimum Gasteiger partial charge on any atom is -0.744 e. The zero-order valence-electron chi connectivity index (χ0n) is 20.6. The Kier molecular flexibility index (Phi) is 8.57. The average molecular weight is 559 g/mol. The molecule has 1 fully saturated rings. The van der Waals surface area contributed by atoms with Gasteiger partial charge in [-0.1, -0.05) is 12.8 Å². The molecule has 2 aliphatic heterocycles. The summed E-state index contributed by atoms with van der Waals surface area (Å²) in [7, 11) is -8.84. The van der Waals surface area contributed by atoms with E-state index in [1.807, 2.05) is 18.4 Å². The van der Waals surface area contributed by atoms with Crippen molar-refractivity contribution in [3.8, 4) is 0 Å². The molecule has 1 saturated heterocycles. The van der Waals surface area contributed by atoms with Gasteiger partial charge in [0, 0.05) is 44.2 Å². The van der Waals surface area contributed by atoms with Gasteiger partial charge in [0.15, 0.2) is 5.71 Å². The van der Waals surface area contributed by atoms with Gasteiger partial charge in [-0.05, 0) is 31.9 Å². The third-order valence-electron chi connectivity index (χ3n) is 6.89. The molecule has 204 valence electrons. The highest BCUT2D eigenvalue weighted by molar-refractivity contribution is 7.86. The molecule has 14 heteroatoms. The number of rotatable bonds is 12.